The van der Waals surface area contributed by atoms with Crippen molar-refractivity contribution < 1.29 is 14.6 Å². The lowest BCUT2D eigenvalue weighted by molar-refractivity contribution is 0.0695. The molecule has 0 aliphatic rings. The summed E-state index contributed by atoms with van der Waals surface area (Å²) in [6.45, 7) is 2.78. The SMILES string of the molecule is CCCCCCCCOc1ncc(C(=O)O)cn1. The van der Waals surface area contributed by atoms with Crippen LogP contribution in [0.25, 0.3) is 0 Å². The van der Waals surface area contributed by atoms with Crippen LogP contribution < -0.4 is 4.74 Å². The van der Waals surface area contributed by atoms with E-state index in [9.17, 15) is 4.79 Å². The molecule has 0 aliphatic heterocycles. The van der Waals surface area contributed by atoms with Crippen molar-refractivity contribution in [3.05, 3.63) is 18.0 Å². The van der Waals surface area contributed by atoms with Crippen molar-refractivity contribution in [2.45, 2.75) is 45.4 Å². The third-order valence-electron chi connectivity index (χ3n) is 2.60. The van der Waals surface area contributed by atoms with E-state index < -0.39 is 5.97 Å². The Labute approximate surface area is 107 Å². The molecule has 0 saturated heterocycles. The van der Waals surface area contributed by atoms with E-state index >= 15 is 0 Å². The van der Waals surface area contributed by atoms with Crippen LogP contribution in [0, 0.1) is 0 Å². The number of hydrogen-bond donors (Lipinski definition) is 1. The van der Waals surface area contributed by atoms with Gasteiger partial charge in [0.25, 0.3) is 0 Å². The van der Waals surface area contributed by atoms with Gasteiger partial charge in [0, 0.05) is 12.4 Å². The van der Waals surface area contributed by atoms with E-state index in [2.05, 4.69) is 16.9 Å². The van der Waals surface area contributed by atoms with E-state index in [1.807, 2.05) is 0 Å². The Morgan fingerprint density at radius 1 is 1.17 bits per heavy atom. The minimum absolute atomic E-state index is 0.0712. The van der Waals surface area contributed by atoms with Crippen LogP contribution in [-0.4, -0.2) is 27.7 Å². The van der Waals surface area contributed by atoms with Gasteiger partial charge in [0.2, 0.25) is 0 Å². The monoisotopic (exact) mass is 252 g/mol. The van der Waals surface area contributed by atoms with Gasteiger partial charge in [0.15, 0.2) is 0 Å². The molecule has 1 aromatic rings. The second kappa shape index (κ2) is 8.44. The van der Waals surface area contributed by atoms with E-state index in [1.165, 1.54) is 38.1 Å². The van der Waals surface area contributed by atoms with E-state index in [0.29, 0.717) is 6.61 Å². The minimum atomic E-state index is -1.03. The van der Waals surface area contributed by atoms with E-state index in [0.717, 1.165) is 12.8 Å². The fourth-order valence-electron chi connectivity index (χ4n) is 1.55. The molecule has 0 unspecified atom stereocenters. The van der Waals surface area contributed by atoms with Crippen molar-refractivity contribution in [2.75, 3.05) is 6.61 Å². The summed E-state index contributed by atoms with van der Waals surface area (Å²) in [5.41, 5.74) is 0.0712. The Morgan fingerprint density at radius 2 is 1.78 bits per heavy atom. The van der Waals surface area contributed by atoms with Crippen molar-refractivity contribution in [1.29, 1.82) is 0 Å². The van der Waals surface area contributed by atoms with Crippen molar-refractivity contribution in [3.63, 3.8) is 0 Å². The minimum Gasteiger partial charge on any atom is -0.478 e. The first-order valence-corrected chi connectivity index (χ1v) is 6.42. The highest BCUT2D eigenvalue weighted by Crippen LogP contribution is 2.07. The molecule has 0 aliphatic carbocycles. The van der Waals surface area contributed by atoms with Crippen LogP contribution in [0.4, 0.5) is 0 Å². The van der Waals surface area contributed by atoms with Crippen LogP contribution in [0.15, 0.2) is 12.4 Å². The molecular formula is C13H20N2O3. The van der Waals surface area contributed by atoms with Gasteiger partial charge in [-0.3, -0.25) is 0 Å². The fraction of sp³-hybridized carbons (Fsp3) is 0.615. The molecular weight excluding hydrogens is 232 g/mol. The van der Waals surface area contributed by atoms with Crippen LogP contribution in [0.3, 0.4) is 0 Å². The van der Waals surface area contributed by atoms with Gasteiger partial charge >= 0.3 is 12.0 Å². The smallest absolute Gasteiger partial charge is 0.338 e. The molecule has 0 aromatic carbocycles. The Bertz CT molecular complexity index is 352. The van der Waals surface area contributed by atoms with Crippen LogP contribution in [0.2, 0.25) is 0 Å². The Hall–Kier alpha value is -1.65. The van der Waals surface area contributed by atoms with E-state index in [4.69, 9.17) is 9.84 Å². The number of nitrogens with zero attached hydrogens (tertiary/aromatic N) is 2. The summed E-state index contributed by atoms with van der Waals surface area (Å²) in [6.07, 6.45) is 9.69. The summed E-state index contributed by atoms with van der Waals surface area (Å²) >= 11 is 0. The molecule has 0 fully saturated rings. The highest BCUT2D eigenvalue weighted by atomic mass is 16.5. The first-order chi connectivity index (χ1) is 8.74. The van der Waals surface area contributed by atoms with E-state index in [1.54, 1.807) is 0 Å². The molecule has 100 valence electrons. The molecule has 1 heterocycles. The quantitative estimate of drug-likeness (QED) is 0.684. The van der Waals surface area contributed by atoms with Crippen LogP contribution in [-0.2, 0) is 0 Å². The van der Waals surface area contributed by atoms with Gasteiger partial charge in [-0.25, -0.2) is 14.8 Å². The first kappa shape index (κ1) is 14.4. The standard InChI is InChI=1S/C13H20N2O3/c1-2-3-4-5-6-7-8-18-13-14-9-11(10-15-13)12(16)17/h9-10H,2-8H2,1H3,(H,16,17). The zero-order valence-corrected chi connectivity index (χ0v) is 10.8. The molecule has 0 spiro atoms. The van der Waals surface area contributed by atoms with Gasteiger partial charge in [-0.1, -0.05) is 39.0 Å². The maximum absolute atomic E-state index is 10.6. The lowest BCUT2D eigenvalue weighted by atomic mass is 10.1. The normalized spacial score (nSPS) is 10.3. The fourth-order valence-corrected chi connectivity index (χ4v) is 1.55. The first-order valence-electron chi connectivity index (χ1n) is 6.42. The zero-order valence-electron chi connectivity index (χ0n) is 10.8. The average molecular weight is 252 g/mol. The Kier molecular flexibility index (Phi) is 6.76. The molecule has 1 aromatic heterocycles. The summed E-state index contributed by atoms with van der Waals surface area (Å²) in [5.74, 6) is -1.03. The highest BCUT2D eigenvalue weighted by molar-refractivity contribution is 5.86. The molecule has 0 atom stereocenters. The van der Waals surface area contributed by atoms with Gasteiger partial charge < -0.3 is 9.84 Å². The number of rotatable bonds is 9. The summed E-state index contributed by atoms with van der Waals surface area (Å²) < 4.78 is 5.33. The van der Waals surface area contributed by atoms with Crippen LogP contribution >= 0.6 is 0 Å². The summed E-state index contributed by atoms with van der Waals surface area (Å²) in [6, 6.07) is 0.244. The van der Waals surface area contributed by atoms with Gasteiger partial charge in [-0.15, -0.1) is 0 Å². The van der Waals surface area contributed by atoms with Gasteiger partial charge in [0.1, 0.15) is 0 Å². The summed E-state index contributed by atoms with van der Waals surface area (Å²) in [5, 5.41) is 8.67. The predicted molar refractivity (Wildman–Crippen MR) is 67.9 cm³/mol. The topological polar surface area (TPSA) is 72.3 Å². The van der Waals surface area contributed by atoms with Gasteiger partial charge in [0.05, 0.1) is 12.2 Å². The summed E-state index contributed by atoms with van der Waals surface area (Å²) in [4.78, 5) is 18.2. The lowest BCUT2D eigenvalue weighted by Crippen LogP contribution is -2.03. The van der Waals surface area contributed by atoms with Crippen molar-refractivity contribution in [3.8, 4) is 6.01 Å². The third-order valence-corrected chi connectivity index (χ3v) is 2.60. The number of hydrogen-bond acceptors (Lipinski definition) is 4. The van der Waals surface area contributed by atoms with Crippen molar-refractivity contribution >= 4 is 5.97 Å². The molecule has 5 heteroatoms. The van der Waals surface area contributed by atoms with Gasteiger partial charge in [-0.2, -0.15) is 0 Å². The Balaban J connectivity index is 2.14. The number of ether oxygens (including phenoxy) is 1. The van der Waals surface area contributed by atoms with Crippen LogP contribution in [0.1, 0.15) is 55.8 Å². The van der Waals surface area contributed by atoms with Crippen LogP contribution in [0.5, 0.6) is 6.01 Å². The molecule has 0 amide bonds. The number of aromatic carboxylic acids is 1. The molecule has 1 N–H and O–H groups in total. The molecule has 5 nitrogen and oxygen atoms in total. The number of unbranched alkanes of at least 4 members (excludes halogenated alkanes) is 5. The second-order valence-corrected chi connectivity index (χ2v) is 4.18. The summed E-state index contributed by atoms with van der Waals surface area (Å²) in [7, 11) is 0. The Morgan fingerprint density at radius 3 is 2.39 bits per heavy atom. The molecule has 0 radical (unpaired) electrons. The third kappa shape index (κ3) is 5.61. The molecule has 18 heavy (non-hydrogen) atoms. The number of aromatic nitrogens is 2. The predicted octanol–water partition coefficient (Wildman–Crippen LogP) is 2.91. The number of carbonyl (C=O) groups is 1. The average Bonchev–Trinajstić information content (AvgIpc) is 2.38. The molecule has 0 saturated carbocycles. The van der Waals surface area contributed by atoms with Crippen molar-refractivity contribution in [2.24, 2.45) is 0 Å². The largest absolute Gasteiger partial charge is 0.478 e. The molecule has 1 rings (SSSR count). The second-order valence-electron chi connectivity index (χ2n) is 4.18. The van der Waals surface area contributed by atoms with E-state index in [-0.39, 0.29) is 11.6 Å². The lowest BCUT2D eigenvalue weighted by Gasteiger charge is -2.04. The molecule has 0 bridgehead atoms. The maximum atomic E-state index is 10.6. The zero-order chi connectivity index (χ0) is 13.2. The highest BCUT2D eigenvalue weighted by Gasteiger charge is 2.04. The maximum Gasteiger partial charge on any atom is 0.338 e. The van der Waals surface area contributed by atoms with Gasteiger partial charge in [-0.05, 0) is 6.42 Å². The number of carboxylic acids is 1. The van der Waals surface area contributed by atoms with Crippen molar-refractivity contribution in [1.82, 2.24) is 9.97 Å². The number of carboxylic acid groups (broad SMARTS) is 1.